The van der Waals surface area contributed by atoms with E-state index in [2.05, 4.69) is 19.2 Å². The molecule has 8 heteroatoms. The lowest BCUT2D eigenvalue weighted by Gasteiger charge is -2.53. The van der Waals surface area contributed by atoms with Crippen molar-refractivity contribution in [3.63, 3.8) is 0 Å². The number of likely N-dealkylation sites (tertiary alicyclic amines) is 2. The van der Waals surface area contributed by atoms with Crippen LogP contribution in [0.4, 0.5) is 5.69 Å². The Hall–Kier alpha value is -3.29. The van der Waals surface area contributed by atoms with Crippen LogP contribution in [0.15, 0.2) is 36.2 Å². The minimum atomic E-state index is -0.993. The minimum Gasteiger partial charge on any atom is -0.480 e. The van der Waals surface area contributed by atoms with E-state index in [4.69, 9.17) is 9.47 Å². The van der Waals surface area contributed by atoms with Crippen LogP contribution in [0.3, 0.4) is 0 Å². The molecule has 3 amide bonds. The van der Waals surface area contributed by atoms with Crippen molar-refractivity contribution in [1.82, 2.24) is 9.80 Å². The molecule has 5 aliphatic rings. The van der Waals surface area contributed by atoms with Crippen LogP contribution in [-0.4, -0.2) is 52.8 Å². The molecule has 4 aliphatic heterocycles. The van der Waals surface area contributed by atoms with Gasteiger partial charge in [0.1, 0.15) is 16.6 Å². The van der Waals surface area contributed by atoms with Crippen LogP contribution in [0, 0.1) is 11.3 Å². The Kier molecular flexibility index (Phi) is 4.59. The van der Waals surface area contributed by atoms with Gasteiger partial charge in [0, 0.05) is 25.2 Å². The number of nitrogens with zero attached hydrogens (tertiary/aromatic N) is 2. The van der Waals surface area contributed by atoms with E-state index in [0.717, 1.165) is 30.5 Å². The Morgan fingerprint density at radius 1 is 1.14 bits per heavy atom. The lowest BCUT2D eigenvalue weighted by atomic mass is 9.58. The molecule has 2 saturated heterocycles. The van der Waals surface area contributed by atoms with Crippen molar-refractivity contribution in [3.05, 3.63) is 41.8 Å². The van der Waals surface area contributed by atoms with Crippen molar-refractivity contribution in [3.8, 4) is 11.5 Å². The normalized spacial score (nSPS) is 33.2. The van der Waals surface area contributed by atoms with Gasteiger partial charge in [0.05, 0.1) is 11.9 Å². The third-order valence-corrected chi connectivity index (χ3v) is 9.33. The molecular weight excluding hydrogens is 458 g/mol. The number of hydrogen-bond donors (Lipinski definition) is 1. The Bertz CT molecular complexity index is 1260. The molecule has 1 aromatic carbocycles. The SMILES string of the molecule is CN1C(=O)[C@]2(CCCCN2C=O)C[C@@H]2C1=CC1(C(=O)Nc3c1ccc1c3OC=CC(C)(C)O1)C2(C)C. The summed E-state index contributed by atoms with van der Waals surface area (Å²) in [7, 11) is 1.78. The van der Waals surface area contributed by atoms with Crippen molar-refractivity contribution >= 4 is 23.9 Å². The summed E-state index contributed by atoms with van der Waals surface area (Å²) in [5.74, 6) is 0.766. The van der Waals surface area contributed by atoms with Gasteiger partial charge >= 0.3 is 0 Å². The van der Waals surface area contributed by atoms with E-state index in [1.54, 1.807) is 23.1 Å². The first-order valence-electron chi connectivity index (χ1n) is 12.7. The Morgan fingerprint density at radius 2 is 1.92 bits per heavy atom. The van der Waals surface area contributed by atoms with E-state index in [1.807, 2.05) is 38.1 Å². The van der Waals surface area contributed by atoms with Crippen molar-refractivity contribution in [2.24, 2.45) is 11.3 Å². The summed E-state index contributed by atoms with van der Waals surface area (Å²) in [5.41, 5.74) is -0.694. The van der Waals surface area contributed by atoms with E-state index >= 15 is 0 Å². The van der Waals surface area contributed by atoms with E-state index in [1.165, 1.54) is 0 Å². The second kappa shape index (κ2) is 7.14. The van der Waals surface area contributed by atoms with Crippen LogP contribution in [-0.2, 0) is 19.8 Å². The quantitative estimate of drug-likeness (QED) is 0.605. The van der Waals surface area contributed by atoms with Crippen LogP contribution in [0.25, 0.3) is 0 Å². The second-order valence-corrected chi connectivity index (χ2v) is 11.9. The minimum absolute atomic E-state index is 0.0608. The summed E-state index contributed by atoms with van der Waals surface area (Å²) in [4.78, 5) is 43.2. The molecule has 36 heavy (non-hydrogen) atoms. The third kappa shape index (κ3) is 2.67. The summed E-state index contributed by atoms with van der Waals surface area (Å²) in [6, 6.07) is 3.82. The van der Waals surface area contributed by atoms with Crippen molar-refractivity contribution in [2.75, 3.05) is 18.9 Å². The average Bonchev–Trinajstić information content (AvgIpc) is 3.17. The van der Waals surface area contributed by atoms with Crippen LogP contribution in [0.2, 0.25) is 0 Å². The predicted molar refractivity (Wildman–Crippen MR) is 133 cm³/mol. The van der Waals surface area contributed by atoms with Gasteiger partial charge < -0.3 is 24.6 Å². The lowest BCUT2D eigenvalue weighted by molar-refractivity contribution is -0.156. The molecule has 0 bridgehead atoms. The molecule has 0 aromatic heterocycles. The zero-order chi connectivity index (χ0) is 25.7. The van der Waals surface area contributed by atoms with Crippen LogP contribution < -0.4 is 14.8 Å². The maximum Gasteiger partial charge on any atom is 0.252 e. The molecule has 2 fully saturated rings. The van der Waals surface area contributed by atoms with Crippen molar-refractivity contribution < 1.29 is 23.9 Å². The number of allylic oxidation sites excluding steroid dienone is 1. The smallest absolute Gasteiger partial charge is 0.252 e. The molecule has 1 aliphatic carbocycles. The largest absolute Gasteiger partial charge is 0.480 e. The molecule has 190 valence electrons. The topological polar surface area (TPSA) is 88.2 Å². The standard InChI is InChI=1S/C28H33N3O5/c1-25(2)11-13-35-22-20(36-25)9-8-17-21(22)29-23(33)28(17)15-19-18(26(28,3)4)14-27(24(34)30(19)5)10-6-7-12-31(27)16-32/h8-9,11,13,15-16,18H,6-7,10,12,14H2,1-5H3,(H,29,33)/t18-,27+,28?/m1/s1. The number of fused-ring (bicyclic) bond motifs is 5. The lowest BCUT2D eigenvalue weighted by Crippen LogP contribution is -2.65. The van der Waals surface area contributed by atoms with Crippen molar-refractivity contribution in [1.29, 1.82) is 0 Å². The van der Waals surface area contributed by atoms with Gasteiger partial charge in [-0.05, 0) is 68.7 Å². The van der Waals surface area contributed by atoms with Gasteiger partial charge in [-0.2, -0.15) is 0 Å². The summed E-state index contributed by atoms with van der Waals surface area (Å²) < 4.78 is 12.1. The van der Waals surface area contributed by atoms with E-state index in [0.29, 0.717) is 36.6 Å². The Balaban J connectivity index is 1.49. The number of amides is 3. The Morgan fingerprint density at radius 3 is 2.67 bits per heavy atom. The molecule has 8 nitrogen and oxygen atoms in total. The highest BCUT2D eigenvalue weighted by atomic mass is 16.5. The van der Waals surface area contributed by atoms with Crippen LogP contribution >= 0.6 is 0 Å². The average molecular weight is 492 g/mol. The number of rotatable bonds is 1. The van der Waals surface area contributed by atoms with Gasteiger partial charge in [-0.15, -0.1) is 0 Å². The fourth-order valence-corrected chi connectivity index (χ4v) is 7.27. The van der Waals surface area contributed by atoms with E-state index in [-0.39, 0.29) is 17.7 Å². The molecule has 6 rings (SSSR count). The summed E-state index contributed by atoms with van der Waals surface area (Å²) in [5, 5.41) is 3.10. The monoisotopic (exact) mass is 491 g/mol. The first-order chi connectivity index (χ1) is 17.0. The molecule has 2 spiro atoms. The number of carbonyl (C=O) groups excluding carboxylic acids is 3. The van der Waals surface area contributed by atoms with Crippen molar-refractivity contribution in [2.45, 2.75) is 69.9 Å². The first-order valence-corrected chi connectivity index (χ1v) is 12.7. The van der Waals surface area contributed by atoms with Crippen LogP contribution in [0.5, 0.6) is 11.5 Å². The molecule has 4 heterocycles. The number of carbonyl (C=O) groups is 3. The van der Waals surface area contributed by atoms with E-state index in [9.17, 15) is 14.4 Å². The number of benzene rings is 1. The van der Waals surface area contributed by atoms with Gasteiger partial charge in [-0.25, -0.2) is 0 Å². The zero-order valence-electron chi connectivity index (χ0n) is 21.5. The maximum atomic E-state index is 13.9. The van der Waals surface area contributed by atoms with Gasteiger partial charge in [-0.3, -0.25) is 14.4 Å². The molecule has 0 radical (unpaired) electrons. The fourth-order valence-electron chi connectivity index (χ4n) is 7.27. The summed E-state index contributed by atoms with van der Waals surface area (Å²) in [6.45, 7) is 8.68. The second-order valence-electron chi connectivity index (χ2n) is 11.9. The maximum absolute atomic E-state index is 13.9. The molecular formula is C28H33N3O5. The number of anilines is 1. The zero-order valence-corrected chi connectivity index (χ0v) is 21.5. The van der Waals surface area contributed by atoms with Crippen LogP contribution in [0.1, 0.15) is 58.9 Å². The first kappa shape index (κ1) is 23.1. The molecule has 1 unspecified atom stereocenters. The number of piperidine rings is 2. The highest BCUT2D eigenvalue weighted by Crippen LogP contribution is 2.65. The van der Waals surface area contributed by atoms with E-state index < -0.39 is 22.0 Å². The van der Waals surface area contributed by atoms with Gasteiger partial charge in [0.25, 0.3) is 5.91 Å². The summed E-state index contributed by atoms with van der Waals surface area (Å²) >= 11 is 0. The predicted octanol–water partition coefficient (Wildman–Crippen LogP) is 3.72. The number of nitrogens with one attached hydrogen (secondary N) is 1. The molecule has 3 atom stereocenters. The number of ether oxygens (including phenoxy) is 2. The molecule has 1 aromatic rings. The molecule has 1 N–H and O–H groups in total. The third-order valence-electron chi connectivity index (χ3n) is 9.33. The Labute approximate surface area is 211 Å². The highest BCUT2D eigenvalue weighted by Gasteiger charge is 2.68. The number of likely N-dealkylation sites (N-methyl/N-ethyl adjacent to an activating group) is 1. The van der Waals surface area contributed by atoms with Gasteiger partial charge in [-0.1, -0.05) is 19.9 Å². The van der Waals surface area contributed by atoms with Gasteiger partial charge in [0.2, 0.25) is 12.3 Å². The number of hydrogen-bond acceptors (Lipinski definition) is 5. The molecule has 0 saturated carbocycles. The summed E-state index contributed by atoms with van der Waals surface area (Å²) in [6.07, 6.45) is 9.21. The van der Waals surface area contributed by atoms with Gasteiger partial charge in [0.15, 0.2) is 11.5 Å². The fraction of sp³-hybridized carbons (Fsp3) is 0.536. The highest BCUT2D eigenvalue weighted by molar-refractivity contribution is 6.11.